The summed E-state index contributed by atoms with van der Waals surface area (Å²) in [5.74, 6) is -0.306. The van der Waals surface area contributed by atoms with E-state index in [0.717, 1.165) is 18.9 Å². The molecule has 1 amide bonds. The first-order valence-corrected chi connectivity index (χ1v) is 11.5. The number of amides is 1. The predicted molar refractivity (Wildman–Crippen MR) is 121 cm³/mol. The maximum atomic E-state index is 14.6. The number of carbonyl (C=O) groups excluding carboxylic acids is 1. The smallest absolute Gasteiger partial charge is 0.410 e. The third-order valence-electron chi connectivity index (χ3n) is 6.91. The van der Waals surface area contributed by atoms with Crippen LogP contribution in [0.1, 0.15) is 19.8 Å². The van der Waals surface area contributed by atoms with Gasteiger partial charge in [-0.3, -0.25) is 0 Å². The normalized spacial score (nSPS) is 24.6. The van der Waals surface area contributed by atoms with Crippen LogP contribution in [0.25, 0.3) is 21.6 Å². The molecule has 11 heteroatoms. The Balaban J connectivity index is 1.25. The molecule has 10 nitrogen and oxygen atoms in total. The minimum absolute atomic E-state index is 0.0410. The lowest BCUT2D eigenvalue weighted by Gasteiger charge is -2.46. The van der Waals surface area contributed by atoms with E-state index in [1.54, 1.807) is 11.1 Å². The monoisotopic (exact) mass is 478 g/mol. The number of halogens is 1. The number of benzene rings is 1. The van der Waals surface area contributed by atoms with Crippen LogP contribution in [0.2, 0.25) is 0 Å². The van der Waals surface area contributed by atoms with Gasteiger partial charge in [-0.2, -0.15) is 5.10 Å². The van der Waals surface area contributed by atoms with E-state index in [0.29, 0.717) is 43.2 Å². The highest BCUT2D eigenvalue weighted by atomic mass is 19.1. The van der Waals surface area contributed by atoms with Gasteiger partial charge in [0.05, 0.1) is 26.0 Å². The highest BCUT2D eigenvalue weighted by Gasteiger charge is 2.47. The lowest BCUT2D eigenvalue weighted by molar-refractivity contribution is -0.111. The number of fused-ring (bicyclic) bond motifs is 3. The van der Waals surface area contributed by atoms with Crippen LogP contribution in [-0.2, 0) is 9.47 Å². The summed E-state index contributed by atoms with van der Waals surface area (Å²) in [5, 5.41) is 4.85. The summed E-state index contributed by atoms with van der Waals surface area (Å²) in [5.41, 5.74) is 0.457. The van der Waals surface area contributed by atoms with Crippen molar-refractivity contribution in [1.29, 1.82) is 0 Å². The first-order chi connectivity index (χ1) is 16.9. The van der Waals surface area contributed by atoms with Crippen LogP contribution in [0.3, 0.4) is 0 Å². The van der Waals surface area contributed by atoms with Crippen molar-refractivity contribution < 1.29 is 23.4 Å². The van der Waals surface area contributed by atoms with Crippen molar-refractivity contribution in [2.45, 2.75) is 31.5 Å². The van der Waals surface area contributed by atoms with Crippen LogP contribution in [0.4, 0.5) is 14.9 Å². The third kappa shape index (κ3) is 3.93. The van der Waals surface area contributed by atoms with Crippen LogP contribution >= 0.6 is 0 Å². The van der Waals surface area contributed by atoms with Gasteiger partial charge >= 0.3 is 6.09 Å². The maximum absolute atomic E-state index is 14.6. The SMILES string of the molecule is [C-]#[N+]c1ccc(-n2ncc3c(OC4C5COCC4CN(C(=O)OC4(C)CC4)C5)ncnc32)c(F)c1. The lowest BCUT2D eigenvalue weighted by Crippen LogP contribution is -2.59. The summed E-state index contributed by atoms with van der Waals surface area (Å²) in [6.07, 6.45) is 4.22. The summed E-state index contributed by atoms with van der Waals surface area (Å²) in [7, 11) is 0. The van der Waals surface area contributed by atoms with Crippen molar-refractivity contribution in [1.82, 2.24) is 24.6 Å². The van der Waals surface area contributed by atoms with E-state index in [4.69, 9.17) is 20.8 Å². The van der Waals surface area contributed by atoms with Crippen LogP contribution < -0.4 is 4.74 Å². The minimum atomic E-state index is -0.574. The van der Waals surface area contributed by atoms with Crippen LogP contribution in [-0.4, -0.2) is 68.7 Å². The summed E-state index contributed by atoms with van der Waals surface area (Å²) in [4.78, 5) is 26.3. The van der Waals surface area contributed by atoms with Crippen LogP contribution in [0.15, 0.2) is 30.7 Å². The second-order valence-electron chi connectivity index (χ2n) is 9.58. The van der Waals surface area contributed by atoms with E-state index in [1.165, 1.54) is 23.1 Å². The topological polar surface area (TPSA) is 96.0 Å². The fourth-order valence-corrected chi connectivity index (χ4v) is 4.75. The van der Waals surface area contributed by atoms with Crippen LogP contribution in [0, 0.1) is 24.2 Å². The molecule has 0 radical (unpaired) electrons. The van der Waals surface area contributed by atoms with E-state index < -0.39 is 5.82 Å². The van der Waals surface area contributed by atoms with Gasteiger partial charge in [0.15, 0.2) is 11.3 Å². The number of nitrogens with zero attached hydrogens (tertiary/aromatic N) is 6. The molecular weight excluding hydrogens is 455 g/mol. The molecule has 180 valence electrons. The van der Waals surface area contributed by atoms with E-state index in [9.17, 15) is 9.18 Å². The molecule has 0 spiro atoms. The summed E-state index contributed by atoms with van der Waals surface area (Å²) in [6, 6.07) is 4.19. The molecule has 0 N–H and O–H groups in total. The molecule has 2 unspecified atom stereocenters. The molecule has 2 saturated heterocycles. The fraction of sp³-hybridized carbons (Fsp3) is 0.458. The number of rotatable bonds is 4. The van der Waals surface area contributed by atoms with Gasteiger partial charge in [-0.15, -0.1) is 0 Å². The van der Waals surface area contributed by atoms with Gasteiger partial charge in [0.25, 0.3) is 0 Å². The molecule has 6 rings (SSSR count). The Kier molecular flexibility index (Phi) is 5.07. The van der Waals surface area contributed by atoms with E-state index in [2.05, 4.69) is 19.9 Å². The highest BCUT2D eigenvalue weighted by Crippen LogP contribution is 2.40. The molecule has 2 aliphatic heterocycles. The Morgan fingerprint density at radius 1 is 1.26 bits per heavy atom. The first-order valence-electron chi connectivity index (χ1n) is 11.5. The second kappa shape index (κ2) is 8.16. The van der Waals surface area contributed by atoms with Gasteiger partial charge in [0, 0.05) is 24.9 Å². The quantitative estimate of drug-likeness (QED) is 0.530. The second-order valence-corrected chi connectivity index (χ2v) is 9.58. The van der Waals surface area contributed by atoms with Gasteiger partial charge in [0.1, 0.15) is 34.9 Å². The zero-order valence-corrected chi connectivity index (χ0v) is 19.1. The minimum Gasteiger partial charge on any atom is -0.473 e. The third-order valence-corrected chi connectivity index (χ3v) is 6.91. The van der Waals surface area contributed by atoms with E-state index in [1.807, 2.05) is 6.92 Å². The number of ether oxygens (including phenoxy) is 3. The Morgan fingerprint density at radius 3 is 2.71 bits per heavy atom. The Hall–Kier alpha value is -3.78. The number of likely N-dealkylation sites (tertiary alicyclic amines) is 1. The van der Waals surface area contributed by atoms with E-state index >= 15 is 0 Å². The molecule has 35 heavy (non-hydrogen) atoms. The Morgan fingerprint density at radius 2 is 2.03 bits per heavy atom. The van der Waals surface area contributed by atoms with E-state index in [-0.39, 0.29) is 41.0 Å². The molecule has 3 aliphatic rings. The van der Waals surface area contributed by atoms with Crippen molar-refractivity contribution in [2.75, 3.05) is 26.3 Å². The van der Waals surface area contributed by atoms with Crippen molar-refractivity contribution >= 4 is 22.8 Å². The largest absolute Gasteiger partial charge is 0.473 e. The van der Waals surface area contributed by atoms with Crippen molar-refractivity contribution in [3.8, 4) is 11.6 Å². The van der Waals surface area contributed by atoms with Gasteiger partial charge in [-0.25, -0.2) is 28.7 Å². The van der Waals surface area contributed by atoms with Gasteiger partial charge in [-0.05, 0) is 31.9 Å². The average molecular weight is 478 g/mol. The zero-order chi connectivity index (χ0) is 24.2. The standard InChI is InChI=1S/C24H23FN6O4/c1-24(5-6-24)35-23(32)30-9-14-11-33-12-15(10-30)20(14)34-22-17-8-29-31(21(17)27-13-28-22)19-4-3-16(26-2)7-18(19)25/h3-4,7-8,13-15,20H,5-6,9-12H2,1H3. The fourth-order valence-electron chi connectivity index (χ4n) is 4.75. The van der Waals surface area contributed by atoms with Crippen LogP contribution in [0.5, 0.6) is 5.88 Å². The number of hydrogen-bond donors (Lipinski definition) is 0. The van der Waals surface area contributed by atoms with Crippen molar-refractivity contribution in [2.24, 2.45) is 11.8 Å². The van der Waals surface area contributed by atoms with Crippen molar-refractivity contribution in [3.05, 3.63) is 48.0 Å². The molecule has 2 atom stereocenters. The summed E-state index contributed by atoms with van der Waals surface area (Å²) in [6.45, 7) is 10.9. The molecular formula is C24H23FN6O4. The Bertz CT molecular complexity index is 1340. The maximum Gasteiger partial charge on any atom is 0.410 e. The van der Waals surface area contributed by atoms with Gasteiger partial charge in [0.2, 0.25) is 5.88 Å². The molecule has 3 fully saturated rings. The molecule has 2 aromatic heterocycles. The molecule has 1 aliphatic carbocycles. The van der Waals surface area contributed by atoms with Gasteiger partial charge in [-0.1, -0.05) is 6.07 Å². The summed E-state index contributed by atoms with van der Waals surface area (Å²) >= 11 is 0. The molecule has 2 bridgehead atoms. The summed E-state index contributed by atoms with van der Waals surface area (Å²) < 4.78 is 33.8. The predicted octanol–water partition coefficient (Wildman–Crippen LogP) is 3.52. The number of piperidine rings is 1. The highest BCUT2D eigenvalue weighted by molar-refractivity contribution is 5.81. The molecule has 3 aromatic rings. The van der Waals surface area contributed by atoms with Crippen molar-refractivity contribution in [3.63, 3.8) is 0 Å². The first kappa shape index (κ1) is 21.7. The molecule has 1 aromatic carbocycles. The number of aromatic nitrogens is 4. The Labute approximate surface area is 200 Å². The molecule has 1 saturated carbocycles. The molecule has 4 heterocycles. The number of carbonyl (C=O) groups is 1. The number of hydrogen-bond acceptors (Lipinski definition) is 7. The average Bonchev–Trinajstić information content (AvgIpc) is 3.40. The zero-order valence-electron chi connectivity index (χ0n) is 19.1. The lowest BCUT2D eigenvalue weighted by atomic mass is 9.84. The van der Waals surface area contributed by atoms with Gasteiger partial charge < -0.3 is 19.1 Å².